The van der Waals surface area contributed by atoms with Gasteiger partial charge >= 0.3 is 0 Å². The van der Waals surface area contributed by atoms with E-state index in [1.54, 1.807) is 25.2 Å². The first-order valence-electron chi connectivity index (χ1n) is 11.4. The SMILES string of the molecule is CNc1cc(Nc2cccn(C3CC(F)(F)C3)c2=O)nc(/C(=C\N)C(=O)NC2CCCC2C)n1. The second kappa shape index (κ2) is 9.40. The highest BCUT2D eigenvalue weighted by molar-refractivity contribution is 6.18. The molecule has 2 unspecified atom stereocenters. The third kappa shape index (κ3) is 4.87. The number of nitrogens with two attached hydrogens (primary N) is 1. The van der Waals surface area contributed by atoms with Crippen molar-refractivity contribution >= 4 is 28.8 Å². The van der Waals surface area contributed by atoms with Gasteiger partial charge in [-0.3, -0.25) is 9.59 Å². The van der Waals surface area contributed by atoms with Crippen LogP contribution >= 0.6 is 0 Å². The van der Waals surface area contributed by atoms with Gasteiger partial charge in [-0.05, 0) is 30.9 Å². The van der Waals surface area contributed by atoms with Crippen molar-refractivity contribution in [2.45, 2.75) is 57.0 Å². The van der Waals surface area contributed by atoms with Crippen LogP contribution in [0.3, 0.4) is 0 Å². The summed E-state index contributed by atoms with van der Waals surface area (Å²) >= 11 is 0. The Hall–Kier alpha value is -3.50. The van der Waals surface area contributed by atoms with Crippen molar-refractivity contribution in [3.8, 4) is 0 Å². The number of carbonyl (C=O) groups excluding carboxylic acids is 1. The van der Waals surface area contributed by atoms with Gasteiger partial charge in [0.25, 0.3) is 17.4 Å². The maximum atomic E-state index is 13.3. The van der Waals surface area contributed by atoms with E-state index in [4.69, 9.17) is 5.73 Å². The van der Waals surface area contributed by atoms with Crippen molar-refractivity contribution in [2.75, 3.05) is 17.7 Å². The molecule has 2 aromatic rings. The highest BCUT2D eigenvalue weighted by atomic mass is 19.3. The van der Waals surface area contributed by atoms with E-state index in [0.29, 0.717) is 11.7 Å². The van der Waals surface area contributed by atoms with Crippen molar-refractivity contribution in [2.24, 2.45) is 11.7 Å². The molecule has 0 bridgehead atoms. The molecule has 2 aromatic heterocycles. The maximum Gasteiger partial charge on any atom is 0.274 e. The lowest BCUT2D eigenvalue weighted by molar-refractivity contribution is -0.116. The molecule has 0 aliphatic heterocycles. The van der Waals surface area contributed by atoms with Crippen LogP contribution in [0, 0.1) is 5.92 Å². The second-order valence-corrected chi connectivity index (χ2v) is 8.96. The second-order valence-electron chi connectivity index (χ2n) is 8.96. The summed E-state index contributed by atoms with van der Waals surface area (Å²) in [6.45, 7) is 2.10. The molecule has 0 saturated heterocycles. The molecular formula is C23H29F2N7O2. The first-order chi connectivity index (χ1) is 16.2. The number of alkyl halides is 2. The van der Waals surface area contributed by atoms with E-state index in [1.165, 1.54) is 17.0 Å². The minimum atomic E-state index is -2.74. The van der Waals surface area contributed by atoms with Crippen LogP contribution in [-0.4, -0.2) is 39.5 Å². The van der Waals surface area contributed by atoms with Crippen LogP contribution < -0.4 is 27.2 Å². The van der Waals surface area contributed by atoms with Gasteiger partial charge in [-0.1, -0.05) is 13.3 Å². The number of carbonyl (C=O) groups is 1. The zero-order valence-corrected chi connectivity index (χ0v) is 19.1. The average molecular weight is 474 g/mol. The number of nitrogens with zero attached hydrogens (tertiary/aromatic N) is 3. The van der Waals surface area contributed by atoms with Crippen LogP contribution in [-0.2, 0) is 4.79 Å². The number of amides is 1. The molecule has 182 valence electrons. The number of hydrogen-bond acceptors (Lipinski definition) is 7. The third-order valence-corrected chi connectivity index (χ3v) is 6.51. The molecule has 0 spiro atoms. The molecule has 11 heteroatoms. The standard InChI is InChI=1S/C23H29F2N7O2/c1-13-5-3-6-16(13)29-21(33)15(12-26)20-30-18(27-2)9-19(31-20)28-17-7-4-8-32(22(17)34)14-10-23(24,25)11-14/h4,7-9,12-14,16H,3,5-6,10-11,26H2,1-2H3,(H,29,33)(H2,27,28,30,31)/b15-12+. The fraction of sp³-hybridized carbons (Fsp3) is 0.478. The molecule has 34 heavy (non-hydrogen) atoms. The van der Waals surface area contributed by atoms with Crippen LogP contribution in [0.2, 0.25) is 0 Å². The summed E-state index contributed by atoms with van der Waals surface area (Å²) in [7, 11) is 1.66. The Morgan fingerprint density at radius 1 is 1.26 bits per heavy atom. The molecule has 2 aliphatic rings. The normalized spacial score (nSPS) is 22.2. The smallest absolute Gasteiger partial charge is 0.274 e. The van der Waals surface area contributed by atoms with E-state index >= 15 is 0 Å². The number of hydrogen-bond donors (Lipinski definition) is 4. The average Bonchev–Trinajstić information content (AvgIpc) is 3.18. The minimum Gasteiger partial charge on any atom is -0.404 e. The molecule has 0 aromatic carbocycles. The van der Waals surface area contributed by atoms with Crippen LogP contribution in [0.25, 0.3) is 5.57 Å². The van der Waals surface area contributed by atoms with Crippen molar-refractivity contribution < 1.29 is 13.6 Å². The Balaban J connectivity index is 1.58. The van der Waals surface area contributed by atoms with Gasteiger partial charge in [-0.15, -0.1) is 0 Å². The van der Waals surface area contributed by atoms with E-state index in [1.807, 2.05) is 0 Å². The predicted molar refractivity (Wildman–Crippen MR) is 126 cm³/mol. The summed E-state index contributed by atoms with van der Waals surface area (Å²) in [5.74, 6) is -1.98. The molecule has 4 rings (SSSR count). The first kappa shape index (κ1) is 23.7. The van der Waals surface area contributed by atoms with E-state index in [0.717, 1.165) is 19.3 Å². The Labute approximate surface area is 195 Å². The van der Waals surface area contributed by atoms with E-state index < -0.39 is 17.5 Å². The van der Waals surface area contributed by atoms with Crippen molar-refractivity contribution in [1.82, 2.24) is 19.9 Å². The Morgan fingerprint density at radius 2 is 2.00 bits per heavy atom. The van der Waals surface area contributed by atoms with Gasteiger partial charge in [-0.25, -0.2) is 18.7 Å². The lowest BCUT2D eigenvalue weighted by Gasteiger charge is -2.36. The fourth-order valence-electron chi connectivity index (χ4n) is 4.47. The lowest BCUT2D eigenvalue weighted by Crippen LogP contribution is -2.41. The molecule has 2 saturated carbocycles. The number of nitrogens with one attached hydrogen (secondary N) is 3. The summed E-state index contributed by atoms with van der Waals surface area (Å²) in [6.07, 6.45) is 4.96. The van der Waals surface area contributed by atoms with Crippen LogP contribution in [0.1, 0.15) is 50.9 Å². The zero-order valence-electron chi connectivity index (χ0n) is 19.1. The highest BCUT2D eigenvalue weighted by Crippen LogP contribution is 2.44. The van der Waals surface area contributed by atoms with Crippen LogP contribution in [0.15, 0.2) is 35.4 Å². The van der Waals surface area contributed by atoms with Gasteiger partial charge in [0.15, 0.2) is 5.82 Å². The molecule has 2 atom stereocenters. The summed E-state index contributed by atoms with van der Waals surface area (Å²) < 4.78 is 27.9. The number of pyridine rings is 1. The van der Waals surface area contributed by atoms with E-state index in [-0.39, 0.29) is 47.7 Å². The van der Waals surface area contributed by atoms with Gasteiger partial charge in [-0.2, -0.15) is 0 Å². The molecule has 5 N–H and O–H groups in total. The Bertz CT molecular complexity index is 1160. The molecule has 2 heterocycles. The summed E-state index contributed by atoms with van der Waals surface area (Å²) in [4.78, 5) is 34.5. The molecule has 2 fully saturated rings. The lowest BCUT2D eigenvalue weighted by atomic mass is 9.88. The van der Waals surface area contributed by atoms with Gasteiger partial charge in [0.05, 0.1) is 5.57 Å². The summed E-state index contributed by atoms with van der Waals surface area (Å²) in [5.41, 5.74) is 5.62. The largest absolute Gasteiger partial charge is 0.404 e. The molecule has 1 amide bonds. The van der Waals surface area contributed by atoms with E-state index in [2.05, 4.69) is 32.8 Å². The van der Waals surface area contributed by atoms with Gasteiger partial charge in [0.2, 0.25) is 0 Å². The third-order valence-electron chi connectivity index (χ3n) is 6.51. The number of aromatic nitrogens is 3. The summed E-state index contributed by atoms with van der Waals surface area (Å²) in [5, 5.41) is 8.85. The van der Waals surface area contributed by atoms with E-state index in [9.17, 15) is 18.4 Å². The number of halogens is 2. The van der Waals surface area contributed by atoms with Crippen LogP contribution in [0.4, 0.5) is 26.1 Å². The van der Waals surface area contributed by atoms with Crippen molar-refractivity contribution in [1.29, 1.82) is 0 Å². The summed E-state index contributed by atoms with van der Waals surface area (Å²) in [6, 6.07) is 4.25. The molecule has 9 nitrogen and oxygen atoms in total. The molecular weight excluding hydrogens is 444 g/mol. The number of rotatable bonds is 7. The minimum absolute atomic E-state index is 0.0641. The quantitative estimate of drug-likeness (QED) is 0.455. The Morgan fingerprint density at radius 3 is 2.62 bits per heavy atom. The highest BCUT2D eigenvalue weighted by Gasteiger charge is 2.46. The molecule has 2 aliphatic carbocycles. The van der Waals surface area contributed by atoms with Gasteiger partial charge in [0.1, 0.15) is 17.3 Å². The van der Waals surface area contributed by atoms with Crippen molar-refractivity contribution in [3.63, 3.8) is 0 Å². The van der Waals surface area contributed by atoms with Crippen LogP contribution in [0.5, 0.6) is 0 Å². The molecule has 0 radical (unpaired) electrons. The van der Waals surface area contributed by atoms with Gasteiger partial charge in [0, 0.05) is 50.4 Å². The van der Waals surface area contributed by atoms with Crippen molar-refractivity contribution in [3.05, 3.63) is 46.8 Å². The fourth-order valence-corrected chi connectivity index (χ4v) is 4.47. The Kier molecular flexibility index (Phi) is 6.54. The number of anilines is 3. The first-order valence-corrected chi connectivity index (χ1v) is 11.4. The zero-order chi connectivity index (χ0) is 24.5. The monoisotopic (exact) mass is 473 g/mol. The predicted octanol–water partition coefficient (Wildman–Crippen LogP) is 3.00. The topological polar surface area (TPSA) is 127 Å². The van der Waals surface area contributed by atoms with Gasteiger partial charge < -0.3 is 26.3 Å². The maximum absolute atomic E-state index is 13.3.